The zero-order valence-electron chi connectivity index (χ0n) is 19.6. The number of imidazole rings is 1. The van der Waals surface area contributed by atoms with Gasteiger partial charge in [0.05, 0.1) is 35.7 Å². The summed E-state index contributed by atoms with van der Waals surface area (Å²) in [6, 6.07) is 19.6. The fraction of sp³-hybridized carbons (Fsp3) is 0.192. The summed E-state index contributed by atoms with van der Waals surface area (Å²) in [7, 11) is 1.55. The van der Waals surface area contributed by atoms with Crippen LogP contribution in [-0.2, 0) is 4.79 Å². The third kappa shape index (κ3) is 5.93. The van der Waals surface area contributed by atoms with Crippen LogP contribution in [0.5, 0.6) is 11.5 Å². The molecule has 0 spiro atoms. The Hall–Kier alpha value is -3.98. The van der Waals surface area contributed by atoms with E-state index >= 15 is 0 Å². The van der Waals surface area contributed by atoms with E-state index in [1.54, 1.807) is 43.5 Å². The Bertz CT molecular complexity index is 1340. The minimum absolute atomic E-state index is 0.170. The summed E-state index contributed by atoms with van der Waals surface area (Å²) in [5.74, 6) is 0.909. The highest BCUT2D eigenvalue weighted by Gasteiger charge is 2.17. The molecule has 4 rings (SSSR count). The largest absolute Gasteiger partial charge is 0.495 e. The topological polar surface area (TPSA) is 105 Å². The van der Waals surface area contributed by atoms with Crippen molar-refractivity contribution in [2.45, 2.75) is 24.3 Å². The molecule has 35 heavy (non-hydrogen) atoms. The molecule has 0 saturated heterocycles. The Balaban J connectivity index is 1.35. The molecule has 2 amide bonds. The minimum atomic E-state index is -0.393. The van der Waals surface area contributed by atoms with Crippen LogP contribution in [-0.4, -0.2) is 40.7 Å². The standard InChI is InChI=1S/C26H26N4O4S/c1-4-34-19-13-14-20-22(15-19)30-26(29-20)35-16(2)24(31)27-18-11-9-17(10-12-18)25(32)28-21-7-5-6-8-23(21)33-3/h5-16H,4H2,1-3H3,(H,27,31)(H,28,32)(H,29,30)/t16-/m1/s1. The number of fused-ring (bicyclic) bond motifs is 1. The number of aromatic nitrogens is 2. The van der Waals surface area contributed by atoms with Gasteiger partial charge in [-0.25, -0.2) is 4.98 Å². The van der Waals surface area contributed by atoms with Crippen LogP contribution in [0.1, 0.15) is 24.2 Å². The number of nitrogens with zero attached hydrogens (tertiary/aromatic N) is 1. The lowest BCUT2D eigenvalue weighted by atomic mass is 10.2. The molecule has 0 aliphatic heterocycles. The quantitative estimate of drug-likeness (QED) is 0.274. The van der Waals surface area contributed by atoms with Crippen LogP contribution in [0.2, 0.25) is 0 Å². The van der Waals surface area contributed by atoms with E-state index in [4.69, 9.17) is 9.47 Å². The Morgan fingerprint density at radius 3 is 2.57 bits per heavy atom. The zero-order chi connectivity index (χ0) is 24.8. The number of aromatic amines is 1. The smallest absolute Gasteiger partial charge is 0.255 e. The molecule has 9 heteroatoms. The molecule has 4 aromatic rings. The lowest BCUT2D eigenvalue weighted by molar-refractivity contribution is -0.115. The van der Waals surface area contributed by atoms with Gasteiger partial charge in [0.1, 0.15) is 11.5 Å². The molecule has 0 fully saturated rings. The van der Waals surface area contributed by atoms with Gasteiger partial charge in [-0.1, -0.05) is 23.9 Å². The number of H-pyrrole nitrogens is 1. The van der Waals surface area contributed by atoms with Crippen LogP contribution in [0.25, 0.3) is 11.0 Å². The van der Waals surface area contributed by atoms with Gasteiger partial charge in [0, 0.05) is 17.3 Å². The van der Waals surface area contributed by atoms with Gasteiger partial charge >= 0.3 is 0 Å². The molecule has 0 aliphatic carbocycles. The van der Waals surface area contributed by atoms with Gasteiger partial charge in [0.25, 0.3) is 5.91 Å². The van der Waals surface area contributed by atoms with E-state index in [0.29, 0.717) is 34.5 Å². The van der Waals surface area contributed by atoms with Gasteiger partial charge in [0.2, 0.25) is 5.91 Å². The first-order valence-corrected chi connectivity index (χ1v) is 12.0. The second-order valence-electron chi connectivity index (χ2n) is 7.64. The summed E-state index contributed by atoms with van der Waals surface area (Å²) in [5.41, 5.74) is 3.31. The predicted octanol–water partition coefficient (Wildman–Crippen LogP) is 5.34. The van der Waals surface area contributed by atoms with Crippen LogP contribution < -0.4 is 20.1 Å². The second kappa shape index (κ2) is 11.0. The summed E-state index contributed by atoms with van der Waals surface area (Å²) >= 11 is 1.33. The number of ether oxygens (including phenoxy) is 2. The van der Waals surface area contributed by atoms with Gasteiger partial charge < -0.3 is 25.1 Å². The predicted molar refractivity (Wildman–Crippen MR) is 139 cm³/mol. The lowest BCUT2D eigenvalue weighted by Gasteiger charge is -2.12. The Morgan fingerprint density at radius 1 is 1.06 bits per heavy atom. The number of nitrogens with one attached hydrogen (secondary N) is 3. The monoisotopic (exact) mass is 490 g/mol. The van der Waals surface area contributed by atoms with Crippen molar-refractivity contribution >= 4 is 46.0 Å². The number of benzene rings is 3. The Kier molecular flexibility index (Phi) is 7.57. The zero-order valence-corrected chi connectivity index (χ0v) is 20.4. The number of amides is 2. The third-order valence-electron chi connectivity index (χ3n) is 5.17. The molecule has 0 aliphatic rings. The van der Waals surface area contributed by atoms with E-state index in [0.717, 1.165) is 16.8 Å². The summed E-state index contributed by atoms with van der Waals surface area (Å²) in [6.07, 6.45) is 0. The van der Waals surface area contributed by atoms with Crippen LogP contribution in [0, 0.1) is 0 Å². The Morgan fingerprint density at radius 2 is 1.83 bits per heavy atom. The summed E-state index contributed by atoms with van der Waals surface area (Å²) in [5, 5.41) is 5.97. The molecule has 180 valence electrons. The first-order chi connectivity index (χ1) is 17.0. The number of carbonyl (C=O) groups is 2. The molecule has 1 atom stereocenters. The molecule has 8 nitrogen and oxygen atoms in total. The number of thioether (sulfide) groups is 1. The number of hydrogen-bond acceptors (Lipinski definition) is 6. The number of para-hydroxylation sites is 2. The van der Waals surface area contributed by atoms with Gasteiger partial charge in [0.15, 0.2) is 5.16 Å². The Labute approximate surface area is 207 Å². The molecule has 0 radical (unpaired) electrons. The molecule has 0 bridgehead atoms. The van der Waals surface area contributed by atoms with Gasteiger partial charge in [-0.05, 0) is 62.4 Å². The van der Waals surface area contributed by atoms with E-state index in [2.05, 4.69) is 20.6 Å². The normalized spacial score (nSPS) is 11.6. The molecule has 0 saturated carbocycles. The number of hydrogen-bond donors (Lipinski definition) is 3. The van der Waals surface area contributed by atoms with Crippen molar-refractivity contribution in [1.82, 2.24) is 9.97 Å². The molecule has 0 unspecified atom stereocenters. The number of anilines is 2. The lowest BCUT2D eigenvalue weighted by Crippen LogP contribution is -2.22. The van der Waals surface area contributed by atoms with Crippen molar-refractivity contribution in [3.63, 3.8) is 0 Å². The van der Waals surface area contributed by atoms with Crippen molar-refractivity contribution in [2.75, 3.05) is 24.4 Å². The fourth-order valence-corrected chi connectivity index (χ4v) is 4.21. The molecular weight excluding hydrogens is 464 g/mol. The van der Waals surface area contributed by atoms with E-state index in [1.807, 2.05) is 44.2 Å². The number of carbonyl (C=O) groups excluding carboxylic acids is 2. The maximum absolute atomic E-state index is 12.7. The average molecular weight is 491 g/mol. The molecule has 3 aromatic carbocycles. The molecule has 3 N–H and O–H groups in total. The van der Waals surface area contributed by atoms with Gasteiger partial charge in [-0.2, -0.15) is 0 Å². The number of rotatable bonds is 9. The van der Waals surface area contributed by atoms with Crippen LogP contribution in [0.4, 0.5) is 11.4 Å². The maximum Gasteiger partial charge on any atom is 0.255 e. The summed E-state index contributed by atoms with van der Waals surface area (Å²) in [4.78, 5) is 33.1. The maximum atomic E-state index is 12.7. The minimum Gasteiger partial charge on any atom is -0.495 e. The molecular formula is C26H26N4O4S. The summed E-state index contributed by atoms with van der Waals surface area (Å²) in [6.45, 7) is 4.34. The van der Waals surface area contributed by atoms with Gasteiger partial charge in [-0.3, -0.25) is 9.59 Å². The van der Waals surface area contributed by atoms with Crippen molar-refractivity contribution < 1.29 is 19.1 Å². The van der Waals surface area contributed by atoms with Crippen molar-refractivity contribution in [2.24, 2.45) is 0 Å². The van der Waals surface area contributed by atoms with E-state index < -0.39 is 5.25 Å². The van der Waals surface area contributed by atoms with Gasteiger partial charge in [-0.15, -0.1) is 0 Å². The van der Waals surface area contributed by atoms with E-state index in [-0.39, 0.29) is 11.8 Å². The fourth-order valence-electron chi connectivity index (χ4n) is 3.39. The molecule has 1 heterocycles. The van der Waals surface area contributed by atoms with E-state index in [9.17, 15) is 9.59 Å². The van der Waals surface area contributed by atoms with Crippen molar-refractivity contribution in [3.8, 4) is 11.5 Å². The van der Waals surface area contributed by atoms with Crippen LogP contribution >= 0.6 is 11.8 Å². The van der Waals surface area contributed by atoms with E-state index in [1.165, 1.54) is 11.8 Å². The number of methoxy groups -OCH3 is 1. The third-order valence-corrected chi connectivity index (χ3v) is 6.15. The SMILES string of the molecule is CCOc1ccc2nc(S[C@H](C)C(=O)Nc3ccc(C(=O)Nc4ccccc4OC)cc3)[nH]c2c1. The second-order valence-corrected chi connectivity index (χ2v) is 8.96. The van der Waals surface area contributed by atoms with Crippen molar-refractivity contribution in [3.05, 3.63) is 72.3 Å². The summed E-state index contributed by atoms with van der Waals surface area (Å²) < 4.78 is 10.8. The first kappa shape index (κ1) is 24.2. The van der Waals surface area contributed by atoms with Crippen LogP contribution in [0.15, 0.2) is 71.9 Å². The highest BCUT2D eigenvalue weighted by molar-refractivity contribution is 8.00. The highest BCUT2D eigenvalue weighted by Crippen LogP contribution is 2.27. The average Bonchev–Trinajstić information content (AvgIpc) is 3.26. The first-order valence-electron chi connectivity index (χ1n) is 11.1. The highest BCUT2D eigenvalue weighted by atomic mass is 32.2. The molecule has 1 aromatic heterocycles. The van der Waals surface area contributed by atoms with Crippen molar-refractivity contribution in [1.29, 1.82) is 0 Å². The van der Waals surface area contributed by atoms with Crippen LogP contribution in [0.3, 0.4) is 0 Å².